The molecule has 1 rings (SSSR count). The van der Waals surface area contributed by atoms with Gasteiger partial charge in [-0.15, -0.1) is 0 Å². The molecule has 0 heterocycles. The Kier molecular flexibility index (Phi) is 4.51. The molecule has 0 radical (unpaired) electrons. The second-order valence-corrected chi connectivity index (χ2v) is 4.57. The summed E-state index contributed by atoms with van der Waals surface area (Å²) in [5, 5.41) is 9.68. The monoisotopic (exact) mass is 182 g/mol. The van der Waals surface area contributed by atoms with Gasteiger partial charge in [-0.2, -0.15) is 0 Å². The van der Waals surface area contributed by atoms with E-state index in [1.165, 1.54) is 19.3 Å². The summed E-state index contributed by atoms with van der Waals surface area (Å²) < 4.78 is 0. The van der Waals surface area contributed by atoms with E-state index in [9.17, 15) is 5.11 Å². The highest BCUT2D eigenvalue weighted by Gasteiger charge is 2.19. The van der Waals surface area contributed by atoms with E-state index in [4.69, 9.17) is 0 Å². The molecule has 1 N–H and O–H groups in total. The van der Waals surface area contributed by atoms with Crippen LogP contribution in [0.5, 0.6) is 0 Å². The van der Waals surface area contributed by atoms with Gasteiger partial charge < -0.3 is 5.11 Å². The third-order valence-corrected chi connectivity index (χ3v) is 2.77. The van der Waals surface area contributed by atoms with E-state index in [0.29, 0.717) is 5.92 Å². The molecule has 0 saturated heterocycles. The highest BCUT2D eigenvalue weighted by atomic mass is 16.3. The zero-order valence-electron chi connectivity index (χ0n) is 8.87. The van der Waals surface area contributed by atoms with Gasteiger partial charge in [0.25, 0.3) is 0 Å². The molecule has 2 atom stereocenters. The van der Waals surface area contributed by atoms with Crippen LogP contribution in [0.15, 0.2) is 12.2 Å². The summed E-state index contributed by atoms with van der Waals surface area (Å²) in [6.45, 7) is 4.45. The van der Waals surface area contributed by atoms with E-state index < -0.39 is 0 Å². The maximum absolute atomic E-state index is 9.68. The van der Waals surface area contributed by atoms with Crippen molar-refractivity contribution in [2.75, 3.05) is 0 Å². The zero-order chi connectivity index (χ0) is 9.68. The quantitative estimate of drug-likeness (QED) is 0.665. The van der Waals surface area contributed by atoms with Crippen molar-refractivity contribution in [2.45, 2.75) is 52.1 Å². The first kappa shape index (κ1) is 10.8. The van der Waals surface area contributed by atoms with E-state index in [0.717, 1.165) is 18.8 Å². The molecule has 1 nitrogen and oxygen atoms in total. The Hall–Kier alpha value is -0.300. The summed E-state index contributed by atoms with van der Waals surface area (Å²) >= 11 is 0. The molecule has 1 aliphatic rings. The number of aliphatic hydroxyl groups excluding tert-OH is 1. The van der Waals surface area contributed by atoms with Gasteiger partial charge in [0.1, 0.15) is 0 Å². The van der Waals surface area contributed by atoms with Crippen LogP contribution in [-0.4, -0.2) is 11.2 Å². The smallest absolute Gasteiger partial charge is 0.0602 e. The molecule has 0 aliphatic heterocycles. The zero-order valence-corrected chi connectivity index (χ0v) is 8.87. The fourth-order valence-electron chi connectivity index (χ4n) is 1.89. The molecule has 13 heavy (non-hydrogen) atoms. The molecular weight excluding hydrogens is 160 g/mol. The van der Waals surface area contributed by atoms with Gasteiger partial charge in [0.15, 0.2) is 0 Å². The van der Waals surface area contributed by atoms with Gasteiger partial charge in [-0.1, -0.05) is 38.8 Å². The predicted molar refractivity (Wildman–Crippen MR) is 56.6 cm³/mol. The van der Waals surface area contributed by atoms with Crippen LogP contribution in [-0.2, 0) is 0 Å². The van der Waals surface area contributed by atoms with Crippen molar-refractivity contribution in [3.8, 4) is 0 Å². The minimum atomic E-state index is -0.0721. The van der Waals surface area contributed by atoms with Crippen LogP contribution in [0.1, 0.15) is 46.0 Å². The summed E-state index contributed by atoms with van der Waals surface area (Å²) in [5.41, 5.74) is 0. The summed E-state index contributed by atoms with van der Waals surface area (Å²) in [6.07, 6.45) is 10.2. The molecule has 0 amide bonds. The first-order valence-electron chi connectivity index (χ1n) is 5.55. The van der Waals surface area contributed by atoms with Gasteiger partial charge >= 0.3 is 0 Å². The van der Waals surface area contributed by atoms with Crippen molar-refractivity contribution in [1.29, 1.82) is 0 Å². The van der Waals surface area contributed by atoms with Crippen molar-refractivity contribution in [2.24, 2.45) is 11.8 Å². The topological polar surface area (TPSA) is 20.2 Å². The highest BCUT2D eigenvalue weighted by molar-refractivity contribution is 4.93. The third kappa shape index (κ3) is 3.95. The number of hydrogen-bond acceptors (Lipinski definition) is 1. The molecule has 1 fully saturated rings. The second kappa shape index (κ2) is 5.43. The van der Waals surface area contributed by atoms with Crippen LogP contribution in [0.3, 0.4) is 0 Å². The van der Waals surface area contributed by atoms with Crippen LogP contribution in [0.2, 0.25) is 0 Å². The molecule has 1 saturated carbocycles. The SMILES string of the molecule is CC(C)C/C=C/[C@@H]1CCCC[C@H]1O. The molecule has 0 aromatic rings. The first-order chi connectivity index (χ1) is 6.20. The largest absolute Gasteiger partial charge is 0.393 e. The van der Waals surface area contributed by atoms with E-state index in [2.05, 4.69) is 26.0 Å². The van der Waals surface area contributed by atoms with Gasteiger partial charge in [0.2, 0.25) is 0 Å². The average Bonchev–Trinajstić information content (AvgIpc) is 2.08. The normalized spacial score (nSPS) is 30.2. The summed E-state index contributed by atoms with van der Waals surface area (Å²) in [4.78, 5) is 0. The molecule has 76 valence electrons. The van der Waals surface area contributed by atoms with Gasteiger partial charge in [-0.3, -0.25) is 0 Å². The van der Waals surface area contributed by atoms with Crippen molar-refractivity contribution in [3.63, 3.8) is 0 Å². The Morgan fingerprint density at radius 1 is 1.31 bits per heavy atom. The number of rotatable bonds is 3. The van der Waals surface area contributed by atoms with Gasteiger partial charge in [-0.05, 0) is 25.2 Å². The fourth-order valence-corrected chi connectivity index (χ4v) is 1.89. The van der Waals surface area contributed by atoms with Crippen molar-refractivity contribution < 1.29 is 5.11 Å². The van der Waals surface area contributed by atoms with Crippen LogP contribution >= 0.6 is 0 Å². The number of hydrogen-bond donors (Lipinski definition) is 1. The average molecular weight is 182 g/mol. The number of allylic oxidation sites excluding steroid dienone is 1. The van der Waals surface area contributed by atoms with Crippen molar-refractivity contribution in [1.82, 2.24) is 0 Å². The Labute approximate surface area is 81.9 Å². The third-order valence-electron chi connectivity index (χ3n) is 2.77. The maximum atomic E-state index is 9.68. The van der Waals surface area contributed by atoms with Crippen LogP contribution in [0.4, 0.5) is 0 Å². The lowest BCUT2D eigenvalue weighted by atomic mass is 9.86. The lowest BCUT2D eigenvalue weighted by Gasteiger charge is -2.24. The van der Waals surface area contributed by atoms with E-state index >= 15 is 0 Å². The van der Waals surface area contributed by atoms with Crippen molar-refractivity contribution in [3.05, 3.63) is 12.2 Å². The van der Waals surface area contributed by atoms with Crippen molar-refractivity contribution >= 4 is 0 Å². The Morgan fingerprint density at radius 2 is 2.00 bits per heavy atom. The predicted octanol–water partition coefficient (Wildman–Crippen LogP) is 3.14. The van der Waals surface area contributed by atoms with E-state index in [1.54, 1.807) is 0 Å². The second-order valence-electron chi connectivity index (χ2n) is 4.57. The molecule has 0 aromatic heterocycles. The maximum Gasteiger partial charge on any atom is 0.0602 e. The lowest BCUT2D eigenvalue weighted by molar-refractivity contribution is 0.0926. The van der Waals surface area contributed by atoms with Gasteiger partial charge in [0, 0.05) is 5.92 Å². The molecule has 0 aromatic carbocycles. The van der Waals surface area contributed by atoms with E-state index in [-0.39, 0.29) is 6.10 Å². The van der Waals surface area contributed by atoms with Crippen LogP contribution in [0.25, 0.3) is 0 Å². The first-order valence-corrected chi connectivity index (χ1v) is 5.55. The van der Waals surface area contributed by atoms with Crippen LogP contribution in [0, 0.1) is 11.8 Å². The van der Waals surface area contributed by atoms with Gasteiger partial charge in [0.05, 0.1) is 6.10 Å². The standard InChI is InChI=1S/C12H22O/c1-10(2)6-5-8-11-7-3-4-9-12(11)13/h5,8,10-13H,3-4,6-7,9H2,1-2H3/b8-5+/t11-,12+/m0/s1. The lowest BCUT2D eigenvalue weighted by Crippen LogP contribution is -2.22. The Morgan fingerprint density at radius 3 is 2.62 bits per heavy atom. The van der Waals surface area contributed by atoms with E-state index in [1.807, 2.05) is 0 Å². The minimum absolute atomic E-state index is 0.0721. The minimum Gasteiger partial charge on any atom is -0.393 e. The summed E-state index contributed by atoms with van der Waals surface area (Å²) in [5.74, 6) is 1.17. The van der Waals surface area contributed by atoms with Crippen LogP contribution < -0.4 is 0 Å². The summed E-state index contributed by atoms with van der Waals surface area (Å²) in [7, 11) is 0. The molecule has 0 unspecified atom stereocenters. The molecule has 0 bridgehead atoms. The Bertz CT molecular complexity index is 161. The highest BCUT2D eigenvalue weighted by Crippen LogP contribution is 2.25. The summed E-state index contributed by atoms with van der Waals surface area (Å²) in [6, 6.07) is 0. The molecular formula is C12H22O. The van der Waals surface area contributed by atoms with Gasteiger partial charge in [-0.25, -0.2) is 0 Å². The Balaban J connectivity index is 2.29. The molecule has 0 spiro atoms. The molecule has 1 aliphatic carbocycles. The fraction of sp³-hybridized carbons (Fsp3) is 0.833. The molecule has 1 heteroatoms. The number of aliphatic hydroxyl groups is 1.